The van der Waals surface area contributed by atoms with E-state index in [0.717, 1.165) is 44.6 Å². The molecule has 4 nitrogen and oxygen atoms in total. The third kappa shape index (κ3) is 4.31. The predicted octanol–water partition coefficient (Wildman–Crippen LogP) is 4.25. The minimum absolute atomic E-state index is 0.220. The third-order valence-corrected chi connectivity index (χ3v) is 5.10. The van der Waals surface area contributed by atoms with E-state index in [0.29, 0.717) is 12.5 Å². The number of carbonyl (C=O) groups excluding carboxylic acids is 1. The molecule has 0 saturated carbocycles. The van der Waals surface area contributed by atoms with Crippen LogP contribution in [0.25, 0.3) is 0 Å². The van der Waals surface area contributed by atoms with Gasteiger partial charge in [0.25, 0.3) is 0 Å². The SMILES string of the molecule is CCC(=O)N(c1ccc(CC)cc1)C1CCN(Cc2ccoc2)CC1. The van der Waals surface area contributed by atoms with Crippen LogP contribution in [-0.2, 0) is 17.8 Å². The van der Waals surface area contributed by atoms with Gasteiger partial charge in [0.2, 0.25) is 5.91 Å². The first-order valence-electron chi connectivity index (χ1n) is 9.35. The van der Waals surface area contributed by atoms with Gasteiger partial charge in [-0.25, -0.2) is 0 Å². The molecule has 0 atom stereocenters. The van der Waals surface area contributed by atoms with Crippen molar-refractivity contribution < 1.29 is 9.21 Å². The number of nitrogens with zero attached hydrogens (tertiary/aromatic N) is 2. The molecule has 1 aromatic carbocycles. The Hall–Kier alpha value is -2.07. The molecule has 2 heterocycles. The number of carbonyl (C=O) groups is 1. The van der Waals surface area contributed by atoms with Crippen LogP contribution in [0.1, 0.15) is 44.2 Å². The van der Waals surface area contributed by atoms with E-state index in [9.17, 15) is 4.79 Å². The molecule has 0 spiro atoms. The van der Waals surface area contributed by atoms with E-state index in [1.54, 1.807) is 6.26 Å². The van der Waals surface area contributed by atoms with Crippen LogP contribution in [-0.4, -0.2) is 29.9 Å². The number of hydrogen-bond donors (Lipinski definition) is 0. The zero-order valence-corrected chi connectivity index (χ0v) is 15.3. The van der Waals surface area contributed by atoms with E-state index < -0.39 is 0 Å². The highest BCUT2D eigenvalue weighted by molar-refractivity contribution is 5.93. The van der Waals surface area contributed by atoms with Crippen LogP contribution in [0, 0.1) is 0 Å². The van der Waals surface area contributed by atoms with Gasteiger partial charge in [-0.2, -0.15) is 0 Å². The van der Waals surface area contributed by atoms with Gasteiger partial charge in [0, 0.05) is 43.3 Å². The van der Waals surface area contributed by atoms with Gasteiger partial charge in [-0.3, -0.25) is 9.69 Å². The topological polar surface area (TPSA) is 36.7 Å². The number of aryl methyl sites for hydroxylation is 1. The quantitative estimate of drug-likeness (QED) is 0.789. The molecule has 0 unspecified atom stereocenters. The number of amides is 1. The van der Waals surface area contributed by atoms with Crippen LogP contribution in [0.15, 0.2) is 47.3 Å². The van der Waals surface area contributed by atoms with Crippen LogP contribution in [0.2, 0.25) is 0 Å². The van der Waals surface area contributed by atoms with E-state index in [-0.39, 0.29) is 5.91 Å². The molecule has 0 bridgehead atoms. The van der Waals surface area contributed by atoms with Crippen molar-refractivity contribution in [3.8, 4) is 0 Å². The number of hydrogen-bond acceptors (Lipinski definition) is 3. The molecule has 1 fully saturated rings. The highest BCUT2D eigenvalue weighted by Gasteiger charge is 2.28. The molecular weight excluding hydrogens is 312 g/mol. The van der Waals surface area contributed by atoms with Gasteiger partial charge in [-0.15, -0.1) is 0 Å². The summed E-state index contributed by atoms with van der Waals surface area (Å²) in [7, 11) is 0. The maximum absolute atomic E-state index is 12.6. The number of furan rings is 1. The van der Waals surface area contributed by atoms with Crippen LogP contribution in [0.3, 0.4) is 0 Å². The second-order valence-electron chi connectivity index (χ2n) is 6.78. The van der Waals surface area contributed by atoms with Crippen molar-refractivity contribution in [1.82, 2.24) is 4.90 Å². The lowest BCUT2D eigenvalue weighted by atomic mass is 10.0. The Labute approximate surface area is 150 Å². The molecule has 0 N–H and O–H groups in total. The highest BCUT2D eigenvalue weighted by atomic mass is 16.3. The van der Waals surface area contributed by atoms with Crippen molar-refractivity contribution in [2.75, 3.05) is 18.0 Å². The monoisotopic (exact) mass is 340 g/mol. The van der Waals surface area contributed by atoms with Gasteiger partial charge in [0.1, 0.15) is 0 Å². The fourth-order valence-corrected chi connectivity index (χ4v) is 3.60. The summed E-state index contributed by atoms with van der Waals surface area (Å²) in [6.45, 7) is 7.05. The summed E-state index contributed by atoms with van der Waals surface area (Å²) in [5, 5.41) is 0. The second-order valence-corrected chi connectivity index (χ2v) is 6.78. The number of anilines is 1. The normalized spacial score (nSPS) is 16.1. The largest absolute Gasteiger partial charge is 0.472 e. The fourth-order valence-electron chi connectivity index (χ4n) is 3.60. The first-order valence-corrected chi connectivity index (χ1v) is 9.35. The Bertz CT molecular complexity index is 656. The van der Waals surface area contributed by atoms with E-state index in [1.807, 2.05) is 24.2 Å². The lowest BCUT2D eigenvalue weighted by Crippen LogP contribution is -2.47. The minimum Gasteiger partial charge on any atom is -0.472 e. The minimum atomic E-state index is 0.220. The number of rotatable bonds is 6. The molecule has 2 aromatic rings. The Kier molecular flexibility index (Phi) is 5.92. The zero-order chi connectivity index (χ0) is 17.6. The molecule has 1 aliphatic rings. The van der Waals surface area contributed by atoms with Gasteiger partial charge in [-0.05, 0) is 43.0 Å². The van der Waals surface area contributed by atoms with Crippen molar-refractivity contribution >= 4 is 11.6 Å². The van der Waals surface area contributed by atoms with Crippen LogP contribution in [0.5, 0.6) is 0 Å². The molecule has 1 amide bonds. The summed E-state index contributed by atoms with van der Waals surface area (Å²) in [6.07, 6.45) is 7.13. The Balaban J connectivity index is 1.66. The Morgan fingerprint density at radius 2 is 1.84 bits per heavy atom. The van der Waals surface area contributed by atoms with Crippen LogP contribution in [0.4, 0.5) is 5.69 Å². The predicted molar refractivity (Wildman–Crippen MR) is 101 cm³/mol. The van der Waals surface area contributed by atoms with Crippen LogP contribution < -0.4 is 4.90 Å². The van der Waals surface area contributed by atoms with Crippen molar-refractivity contribution in [3.63, 3.8) is 0 Å². The molecule has 0 radical (unpaired) electrons. The molecule has 134 valence electrons. The van der Waals surface area contributed by atoms with Gasteiger partial charge in [0.05, 0.1) is 12.5 Å². The van der Waals surface area contributed by atoms with Gasteiger partial charge in [-0.1, -0.05) is 26.0 Å². The first kappa shape index (κ1) is 17.7. The van der Waals surface area contributed by atoms with E-state index in [2.05, 4.69) is 36.1 Å². The van der Waals surface area contributed by atoms with Crippen molar-refractivity contribution in [2.24, 2.45) is 0 Å². The highest BCUT2D eigenvalue weighted by Crippen LogP contribution is 2.26. The molecule has 1 aromatic heterocycles. The van der Waals surface area contributed by atoms with E-state index in [4.69, 9.17) is 4.42 Å². The third-order valence-electron chi connectivity index (χ3n) is 5.10. The second kappa shape index (κ2) is 8.34. The summed E-state index contributed by atoms with van der Waals surface area (Å²) in [5.41, 5.74) is 3.56. The van der Waals surface area contributed by atoms with E-state index in [1.165, 1.54) is 11.1 Å². The summed E-state index contributed by atoms with van der Waals surface area (Å²) in [5.74, 6) is 0.220. The lowest BCUT2D eigenvalue weighted by molar-refractivity contribution is -0.119. The number of benzene rings is 1. The zero-order valence-electron chi connectivity index (χ0n) is 15.3. The lowest BCUT2D eigenvalue weighted by Gasteiger charge is -2.38. The maximum atomic E-state index is 12.6. The number of likely N-dealkylation sites (tertiary alicyclic amines) is 1. The van der Waals surface area contributed by atoms with Crippen molar-refractivity contribution in [3.05, 3.63) is 54.0 Å². The average molecular weight is 340 g/mol. The van der Waals surface area contributed by atoms with E-state index >= 15 is 0 Å². The molecule has 1 aliphatic heterocycles. The van der Waals surface area contributed by atoms with Crippen molar-refractivity contribution in [1.29, 1.82) is 0 Å². The molecule has 0 aliphatic carbocycles. The maximum Gasteiger partial charge on any atom is 0.226 e. The van der Waals surface area contributed by atoms with Gasteiger partial charge in [0.15, 0.2) is 0 Å². The molecule has 3 rings (SSSR count). The van der Waals surface area contributed by atoms with Gasteiger partial charge >= 0.3 is 0 Å². The molecule has 1 saturated heterocycles. The summed E-state index contributed by atoms with van der Waals surface area (Å²) >= 11 is 0. The Morgan fingerprint density at radius 3 is 2.40 bits per heavy atom. The first-order chi connectivity index (χ1) is 12.2. The standard InChI is InChI=1S/C21H28N2O2/c1-3-17-5-7-19(8-6-17)23(21(24)4-2)20-9-12-22(13-10-20)15-18-11-14-25-16-18/h5-8,11,14,16,20H,3-4,9-10,12-13,15H2,1-2H3. The summed E-state index contributed by atoms with van der Waals surface area (Å²) in [4.78, 5) is 17.1. The summed E-state index contributed by atoms with van der Waals surface area (Å²) in [6, 6.07) is 10.8. The number of piperidine rings is 1. The average Bonchev–Trinajstić information content (AvgIpc) is 3.17. The molecule has 25 heavy (non-hydrogen) atoms. The van der Waals surface area contributed by atoms with Gasteiger partial charge < -0.3 is 9.32 Å². The van der Waals surface area contributed by atoms with Crippen LogP contribution >= 0.6 is 0 Å². The fraction of sp³-hybridized carbons (Fsp3) is 0.476. The van der Waals surface area contributed by atoms with Crippen molar-refractivity contribution in [2.45, 2.75) is 52.1 Å². The smallest absolute Gasteiger partial charge is 0.226 e. The molecule has 4 heteroatoms. The molecular formula is C21H28N2O2. The summed E-state index contributed by atoms with van der Waals surface area (Å²) < 4.78 is 5.16. The Morgan fingerprint density at radius 1 is 1.12 bits per heavy atom.